The minimum atomic E-state index is -1.02. The van der Waals surface area contributed by atoms with Crippen molar-refractivity contribution < 1.29 is 14.3 Å². The molecule has 0 radical (unpaired) electrons. The van der Waals surface area contributed by atoms with Gasteiger partial charge in [0.2, 0.25) is 5.76 Å². The lowest BCUT2D eigenvalue weighted by Gasteiger charge is -1.96. The molecule has 0 saturated carbocycles. The van der Waals surface area contributed by atoms with Crippen LogP contribution in [-0.2, 0) is 0 Å². The molecule has 3 heteroatoms. The molecule has 0 bridgehead atoms. The second-order valence-corrected chi connectivity index (χ2v) is 2.66. The minimum absolute atomic E-state index is 0.00806. The highest BCUT2D eigenvalue weighted by Gasteiger charge is 2.10. The molecule has 1 aromatic rings. The number of furan rings is 1. The van der Waals surface area contributed by atoms with Crippen LogP contribution < -0.4 is 0 Å². The van der Waals surface area contributed by atoms with Crippen LogP contribution in [-0.4, -0.2) is 11.1 Å². The van der Waals surface area contributed by atoms with Gasteiger partial charge in [-0.2, -0.15) is 0 Å². The number of carboxylic acids is 1. The fourth-order valence-corrected chi connectivity index (χ4v) is 0.778. The summed E-state index contributed by atoms with van der Waals surface area (Å²) in [5, 5.41) is 8.49. The van der Waals surface area contributed by atoms with Crippen molar-refractivity contribution in [2.24, 2.45) is 0 Å². The molecule has 60 valence electrons. The fraction of sp³-hybridized carbons (Fsp3) is 0.375. The van der Waals surface area contributed by atoms with E-state index in [4.69, 9.17) is 9.52 Å². The summed E-state index contributed by atoms with van der Waals surface area (Å²) in [6.45, 7) is 3.90. The van der Waals surface area contributed by atoms with Crippen LogP contribution >= 0.6 is 0 Å². The number of hydrogen-bond acceptors (Lipinski definition) is 2. The highest BCUT2D eigenvalue weighted by molar-refractivity contribution is 5.84. The Kier molecular flexibility index (Phi) is 1.98. The fourth-order valence-electron chi connectivity index (χ4n) is 0.778. The smallest absolute Gasteiger partial charge is 0.371 e. The molecule has 11 heavy (non-hydrogen) atoms. The molecule has 0 amide bonds. The van der Waals surface area contributed by atoms with Crippen LogP contribution in [0.1, 0.15) is 36.1 Å². The molecule has 0 aliphatic heterocycles. The van der Waals surface area contributed by atoms with E-state index in [2.05, 4.69) is 0 Å². The number of carbonyl (C=O) groups is 1. The van der Waals surface area contributed by atoms with E-state index >= 15 is 0 Å². The highest BCUT2D eigenvalue weighted by Crippen LogP contribution is 2.16. The number of hydrogen-bond donors (Lipinski definition) is 1. The lowest BCUT2D eigenvalue weighted by atomic mass is 10.2. The quantitative estimate of drug-likeness (QED) is 0.709. The third kappa shape index (κ3) is 1.61. The summed E-state index contributed by atoms with van der Waals surface area (Å²) in [5.74, 6) is -0.0592. The van der Waals surface area contributed by atoms with Gasteiger partial charge < -0.3 is 9.52 Å². The number of rotatable bonds is 2. The monoisotopic (exact) mass is 154 g/mol. The molecule has 0 atom stereocenters. The van der Waals surface area contributed by atoms with Gasteiger partial charge in [0.15, 0.2) is 0 Å². The molecule has 3 nitrogen and oxygen atoms in total. The Morgan fingerprint density at radius 2 is 2.18 bits per heavy atom. The Morgan fingerprint density at radius 1 is 1.55 bits per heavy atom. The van der Waals surface area contributed by atoms with E-state index < -0.39 is 5.97 Å². The molecule has 0 spiro atoms. The second-order valence-electron chi connectivity index (χ2n) is 2.66. The Morgan fingerprint density at radius 3 is 2.45 bits per heavy atom. The molecule has 0 saturated heterocycles. The molecule has 0 aromatic carbocycles. The number of aromatic carboxylic acids is 1. The summed E-state index contributed by atoms with van der Waals surface area (Å²) in [5.41, 5.74) is 0. The molecule has 0 aliphatic carbocycles. The van der Waals surface area contributed by atoms with Crippen molar-refractivity contribution in [1.29, 1.82) is 0 Å². The van der Waals surface area contributed by atoms with Gasteiger partial charge in [-0.05, 0) is 12.1 Å². The first-order valence-electron chi connectivity index (χ1n) is 3.44. The van der Waals surface area contributed by atoms with E-state index in [0.29, 0.717) is 5.76 Å². The van der Waals surface area contributed by atoms with Gasteiger partial charge in [0.05, 0.1) is 0 Å². The van der Waals surface area contributed by atoms with Crippen LogP contribution in [0.5, 0.6) is 0 Å². The van der Waals surface area contributed by atoms with Crippen LogP contribution in [0.15, 0.2) is 16.5 Å². The molecule has 0 fully saturated rings. The maximum Gasteiger partial charge on any atom is 0.371 e. The molecule has 0 unspecified atom stereocenters. The van der Waals surface area contributed by atoms with Gasteiger partial charge >= 0.3 is 5.97 Å². The molecule has 1 rings (SSSR count). The van der Waals surface area contributed by atoms with Crippen LogP contribution in [0.3, 0.4) is 0 Å². The summed E-state index contributed by atoms with van der Waals surface area (Å²) < 4.78 is 5.01. The molecule has 1 N–H and O–H groups in total. The maximum absolute atomic E-state index is 10.3. The highest BCUT2D eigenvalue weighted by atomic mass is 16.4. The maximum atomic E-state index is 10.3. The third-order valence-electron chi connectivity index (χ3n) is 1.41. The van der Waals surface area contributed by atoms with Gasteiger partial charge in [0.25, 0.3) is 0 Å². The van der Waals surface area contributed by atoms with Crippen molar-refractivity contribution in [2.45, 2.75) is 19.8 Å². The first kappa shape index (κ1) is 7.85. The van der Waals surface area contributed by atoms with Crippen LogP contribution in [0, 0.1) is 0 Å². The van der Waals surface area contributed by atoms with Crippen LogP contribution in [0.25, 0.3) is 0 Å². The van der Waals surface area contributed by atoms with Gasteiger partial charge in [0, 0.05) is 5.92 Å². The Hall–Kier alpha value is -1.25. The molecule has 0 aliphatic rings. The average molecular weight is 154 g/mol. The summed E-state index contributed by atoms with van der Waals surface area (Å²) in [6.07, 6.45) is 0. The van der Waals surface area contributed by atoms with E-state index in [1.807, 2.05) is 13.8 Å². The van der Waals surface area contributed by atoms with Crippen molar-refractivity contribution in [3.63, 3.8) is 0 Å². The van der Waals surface area contributed by atoms with E-state index in [9.17, 15) is 4.79 Å². The molecular weight excluding hydrogens is 144 g/mol. The zero-order valence-electron chi connectivity index (χ0n) is 6.50. The SMILES string of the molecule is CC(C)c1ccc(C(=O)O)o1. The average Bonchev–Trinajstić information content (AvgIpc) is 2.33. The van der Waals surface area contributed by atoms with E-state index in [0.717, 1.165) is 0 Å². The van der Waals surface area contributed by atoms with Crippen LogP contribution in [0.4, 0.5) is 0 Å². The van der Waals surface area contributed by atoms with Gasteiger partial charge in [0.1, 0.15) is 5.76 Å². The van der Waals surface area contributed by atoms with Gasteiger partial charge in [-0.25, -0.2) is 4.79 Å². The number of carboxylic acid groups (broad SMARTS) is 1. The van der Waals surface area contributed by atoms with Gasteiger partial charge in [-0.15, -0.1) is 0 Å². The third-order valence-corrected chi connectivity index (χ3v) is 1.41. The van der Waals surface area contributed by atoms with Gasteiger partial charge in [-0.3, -0.25) is 0 Å². The van der Waals surface area contributed by atoms with E-state index in [1.165, 1.54) is 6.07 Å². The van der Waals surface area contributed by atoms with Crippen molar-refractivity contribution in [2.75, 3.05) is 0 Å². The molecular formula is C8H10O3. The Balaban J connectivity index is 2.90. The molecule has 1 heterocycles. The topological polar surface area (TPSA) is 50.4 Å². The summed E-state index contributed by atoms with van der Waals surface area (Å²) in [4.78, 5) is 10.3. The normalized spacial score (nSPS) is 10.5. The van der Waals surface area contributed by atoms with Crippen molar-refractivity contribution in [3.05, 3.63) is 23.7 Å². The van der Waals surface area contributed by atoms with Crippen molar-refractivity contribution >= 4 is 5.97 Å². The summed E-state index contributed by atoms with van der Waals surface area (Å²) in [6, 6.07) is 3.16. The zero-order chi connectivity index (χ0) is 8.43. The van der Waals surface area contributed by atoms with Crippen LogP contribution in [0.2, 0.25) is 0 Å². The lowest BCUT2D eigenvalue weighted by molar-refractivity contribution is 0.0660. The standard InChI is InChI=1S/C8H10O3/c1-5(2)6-3-4-7(11-6)8(9)10/h3-5H,1-2H3,(H,9,10). The summed E-state index contributed by atoms with van der Waals surface area (Å²) in [7, 11) is 0. The van der Waals surface area contributed by atoms with E-state index in [1.54, 1.807) is 6.07 Å². The second kappa shape index (κ2) is 2.78. The Bertz CT molecular complexity index is 260. The molecule has 1 aromatic heterocycles. The lowest BCUT2D eigenvalue weighted by Crippen LogP contribution is -1.92. The zero-order valence-corrected chi connectivity index (χ0v) is 6.50. The van der Waals surface area contributed by atoms with E-state index in [-0.39, 0.29) is 11.7 Å². The van der Waals surface area contributed by atoms with Gasteiger partial charge in [-0.1, -0.05) is 13.8 Å². The first-order chi connectivity index (χ1) is 5.11. The van der Waals surface area contributed by atoms with Crippen molar-refractivity contribution in [1.82, 2.24) is 0 Å². The largest absolute Gasteiger partial charge is 0.475 e. The predicted molar refractivity (Wildman–Crippen MR) is 39.8 cm³/mol. The summed E-state index contributed by atoms with van der Waals surface area (Å²) >= 11 is 0. The minimum Gasteiger partial charge on any atom is -0.475 e. The predicted octanol–water partition coefficient (Wildman–Crippen LogP) is 2.10. The van der Waals surface area contributed by atoms with Crippen molar-refractivity contribution in [3.8, 4) is 0 Å². The Labute approximate surface area is 64.6 Å². The first-order valence-corrected chi connectivity index (χ1v) is 3.44.